The Bertz CT molecular complexity index is 269. The van der Waals surface area contributed by atoms with Crippen molar-refractivity contribution in [1.82, 2.24) is 5.16 Å². The van der Waals surface area contributed by atoms with E-state index in [0.717, 1.165) is 5.69 Å². The van der Waals surface area contributed by atoms with Gasteiger partial charge in [-0.1, -0.05) is 13.8 Å². The zero-order valence-electron chi connectivity index (χ0n) is 6.39. The van der Waals surface area contributed by atoms with Crippen LogP contribution in [0.1, 0.15) is 31.0 Å². The molecule has 0 aliphatic heterocycles. The van der Waals surface area contributed by atoms with E-state index in [0.29, 0.717) is 11.5 Å². The number of aromatic amines is 1. The molecule has 10 heavy (non-hydrogen) atoms. The van der Waals surface area contributed by atoms with Crippen LogP contribution in [0.5, 0.6) is 0 Å². The first-order chi connectivity index (χ1) is 4.63. The molecule has 0 spiro atoms. The fourth-order valence-corrected chi connectivity index (χ4v) is 0.915. The Hall–Kier alpha value is -0.990. The Morgan fingerprint density at radius 2 is 2.10 bits per heavy atom. The molecule has 0 unspecified atom stereocenters. The molecule has 1 heterocycles. The van der Waals surface area contributed by atoms with Gasteiger partial charge in [0.15, 0.2) is 0 Å². The standard InChI is InChI=1S/C7H11NO2/c1-4(2)6-5(3)7(9)10-8-6/h4,8H,1-3H3. The lowest BCUT2D eigenvalue weighted by atomic mass is 10.1. The van der Waals surface area contributed by atoms with Gasteiger partial charge in [-0.2, -0.15) is 0 Å². The summed E-state index contributed by atoms with van der Waals surface area (Å²) in [7, 11) is 0. The average Bonchev–Trinajstić information content (AvgIpc) is 2.14. The SMILES string of the molecule is Cc1c(C(C)C)[nH]oc1=O. The molecule has 1 N–H and O–H groups in total. The molecule has 0 aromatic carbocycles. The van der Waals surface area contributed by atoms with Gasteiger partial charge in [0.25, 0.3) is 0 Å². The minimum Gasteiger partial charge on any atom is -0.339 e. The average molecular weight is 141 g/mol. The summed E-state index contributed by atoms with van der Waals surface area (Å²) in [4.78, 5) is 10.7. The predicted molar refractivity (Wildman–Crippen MR) is 38.2 cm³/mol. The quantitative estimate of drug-likeness (QED) is 0.642. The van der Waals surface area contributed by atoms with Gasteiger partial charge in [-0.15, -0.1) is 0 Å². The monoisotopic (exact) mass is 141 g/mol. The van der Waals surface area contributed by atoms with Crippen molar-refractivity contribution >= 4 is 0 Å². The van der Waals surface area contributed by atoms with Crippen LogP contribution in [0.2, 0.25) is 0 Å². The third kappa shape index (κ3) is 0.988. The number of H-pyrrole nitrogens is 1. The molecule has 0 fully saturated rings. The minimum absolute atomic E-state index is 0.260. The molecule has 0 amide bonds. The van der Waals surface area contributed by atoms with Gasteiger partial charge < -0.3 is 4.52 Å². The van der Waals surface area contributed by atoms with E-state index in [2.05, 4.69) is 9.68 Å². The summed E-state index contributed by atoms with van der Waals surface area (Å²) in [5.41, 5.74) is 1.32. The van der Waals surface area contributed by atoms with E-state index in [4.69, 9.17) is 0 Å². The van der Waals surface area contributed by atoms with Gasteiger partial charge in [-0.3, -0.25) is 0 Å². The van der Waals surface area contributed by atoms with Crippen molar-refractivity contribution in [2.24, 2.45) is 0 Å². The predicted octanol–water partition coefficient (Wildman–Crippen LogP) is 1.40. The lowest BCUT2D eigenvalue weighted by molar-refractivity contribution is 0.382. The van der Waals surface area contributed by atoms with Crippen molar-refractivity contribution in [2.45, 2.75) is 26.7 Å². The lowest BCUT2D eigenvalue weighted by Gasteiger charge is -1.98. The molecule has 1 aromatic rings. The molecule has 3 nitrogen and oxygen atoms in total. The van der Waals surface area contributed by atoms with Crippen molar-refractivity contribution in [3.8, 4) is 0 Å². The zero-order valence-corrected chi connectivity index (χ0v) is 6.39. The molecule has 56 valence electrons. The van der Waals surface area contributed by atoms with E-state index in [1.807, 2.05) is 13.8 Å². The largest absolute Gasteiger partial charge is 0.360 e. The third-order valence-electron chi connectivity index (χ3n) is 1.54. The summed E-state index contributed by atoms with van der Waals surface area (Å²) >= 11 is 0. The van der Waals surface area contributed by atoms with E-state index in [1.54, 1.807) is 6.92 Å². The number of nitrogens with one attached hydrogen (secondary N) is 1. The topological polar surface area (TPSA) is 46.0 Å². The van der Waals surface area contributed by atoms with Crippen molar-refractivity contribution < 1.29 is 4.52 Å². The van der Waals surface area contributed by atoms with Gasteiger partial charge in [-0.05, 0) is 12.8 Å². The summed E-state index contributed by atoms with van der Waals surface area (Å²) in [6.45, 7) is 5.78. The Balaban J connectivity index is 3.18. The van der Waals surface area contributed by atoms with Crippen LogP contribution in [0.4, 0.5) is 0 Å². The summed E-state index contributed by atoms with van der Waals surface area (Å²) in [5.74, 6) is 0.325. The van der Waals surface area contributed by atoms with Crippen LogP contribution in [0.3, 0.4) is 0 Å². The zero-order chi connectivity index (χ0) is 7.72. The normalized spacial score (nSPS) is 10.8. The Morgan fingerprint density at radius 3 is 2.30 bits per heavy atom. The molecule has 0 saturated carbocycles. The number of hydrogen-bond acceptors (Lipinski definition) is 2. The van der Waals surface area contributed by atoms with Gasteiger partial charge in [0.05, 0.1) is 11.3 Å². The number of hydrogen-bond donors (Lipinski definition) is 1. The maximum Gasteiger partial charge on any atom is 0.360 e. The molecule has 1 aromatic heterocycles. The molecule has 0 atom stereocenters. The second kappa shape index (κ2) is 2.33. The van der Waals surface area contributed by atoms with Gasteiger partial charge >= 0.3 is 5.63 Å². The van der Waals surface area contributed by atoms with E-state index in [1.165, 1.54) is 0 Å². The highest BCUT2D eigenvalue weighted by Gasteiger charge is 2.08. The maximum absolute atomic E-state index is 10.7. The molecule has 1 rings (SSSR count). The number of rotatable bonds is 1. The molecule has 0 bridgehead atoms. The summed E-state index contributed by atoms with van der Waals surface area (Å²) in [6.07, 6.45) is 0. The van der Waals surface area contributed by atoms with Gasteiger partial charge in [-0.25, -0.2) is 9.95 Å². The summed E-state index contributed by atoms with van der Waals surface area (Å²) in [5, 5.41) is 2.59. The van der Waals surface area contributed by atoms with Crippen LogP contribution in [0.25, 0.3) is 0 Å². The minimum atomic E-state index is -0.260. The first-order valence-corrected chi connectivity index (χ1v) is 3.31. The van der Waals surface area contributed by atoms with Crippen LogP contribution in [-0.4, -0.2) is 5.16 Å². The molecular formula is C7H11NO2. The smallest absolute Gasteiger partial charge is 0.339 e. The third-order valence-corrected chi connectivity index (χ3v) is 1.54. The Morgan fingerprint density at radius 1 is 1.50 bits per heavy atom. The first kappa shape index (κ1) is 7.12. The lowest BCUT2D eigenvalue weighted by Crippen LogP contribution is -1.98. The fraction of sp³-hybridized carbons (Fsp3) is 0.571. The summed E-state index contributed by atoms with van der Waals surface area (Å²) < 4.78 is 4.58. The van der Waals surface area contributed by atoms with Gasteiger partial charge in [0.2, 0.25) is 0 Å². The molecule has 0 aliphatic rings. The van der Waals surface area contributed by atoms with Crippen molar-refractivity contribution in [3.63, 3.8) is 0 Å². The summed E-state index contributed by atoms with van der Waals surface area (Å²) in [6, 6.07) is 0. The van der Waals surface area contributed by atoms with E-state index in [-0.39, 0.29) is 5.63 Å². The highest BCUT2D eigenvalue weighted by Crippen LogP contribution is 2.12. The fourth-order valence-electron chi connectivity index (χ4n) is 0.915. The van der Waals surface area contributed by atoms with Crippen molar-refractivity contribution in [1.29, 1.82) is 0 Å². The Labute approximate surface area is 59.0 Å². The molecule has 0 radical (unpaired) electrons. The molecule has 0 aliphatic carbocycles. The van der Waals surface area contributed by atoms with Crippen molar-refractivity contribution in [2.75, 3.05) is 0 Å². The molecule has 3 heteroatoms. The van der Waals surface area contributed by atoms with Gasteiger partial charge in [0.1, 0.15) is 0 Å². The van der Waals surface area contributed by atoms with Crippen LogP contribution >= 0.6 is 0 Å². The number of aromatic nitrogens is 1. The second-order valence-electron chi connectivity index (χ2n) is 2.68. The van der Waals surface area contributed by atoms with E-state index in [9.17, 15) is 4.79 Å². The second-order valence-corrected chi connectivity index (χ2v) is 2.68. The van der Waals surface area contributed by atoms with Crippen LogP contribution in [-0.2, 0) is 0 Å². The Kier molecular flexibility index (Phi) is 1.66. The van der Waals surface area contributed by atoms with E-state index < -0.39 is 0 Å². The van der Waals surface area contributed by atoms with Crippen LogP contribution < -0.4 is 5.63 Å². The van der Waals surface area contributed by atoms with Crippen molar-refractivity contribution in [3.05, 3.63) is 21.7 Å². The van der Waals surface area contributed by atoms with Gasteiger partial charge in [0, 0.05) is 0 Å². The van der Waals surface area contributed by atoms with E-state index >= 15 is 0 Å². The van der Waals surface area contributed by atoms with Crippen LogP contribution in [0, 0.1) is 6.92 Å². The molecular weight excluding hydrogens is 130 g/mol. The molecule has 0 saturated heterocycles. The maximum atomic E-state index is 10.7. The highest BCUT2D eigenvalue weighted by atomic mass is 16.5. The highest BCUT2D eigenvalue weighted by molar-refractivity contribution is 5.15. The van der Waals surface area contributed by atoms with Crippen LogP contribution in [0.15, 0.2) is 9.32 Å². The first-order valence-electron chi connectivity index (χ1n) is 3.31.